The van der Waals surface area contributed by atoms with Crippen LogP contribution in [0.4, 0.5) is 0 Å². The summed E-state index contributed by atoms with van der Waals surface area (Å²) in [6, 6.07) is -0.434. The summed E-state index contributed by atoms with van der Waals surface area (Å²) < 4.78 is 0. The number of piperidine rings is 1. The van der Waals surface area contributed by atoms with Gasteiger partial charge in [-0.1, -0.05) is 0 Å². The molecule has 1 aliphatic heterocycles. The number of nitrogens with one attached hydrogen (secondary N) is 1. The van der Waals surface area contributed by atoms with E-state index >= 15 is 0 Å². The van der Waals surface area contributed by atoms with Crippen LogP contribution in [0.25, 0.3) is 0 Å². The highest BCUT2D eigenvalue weighted by Gasteiger charge is 2.26. The number of hydrogen-bond donors (Lipinski definition) is 2. The first-order valence-electron chi connectivity index (χ1n) is 3.32. The molecule has 0 aromatic heterocycles. The Morgan fingerprint density at radius 1 is 1.70 bits per heavy atom. The molecule has 1 heterocycles. The van der Waals surface area contributed by atoms with Crippen LogP contribution < -0.4 is 11.1 Å². The Kier molecular flexibility index (Phi) is 2.18. The van der Waals surface area contributed by atoms with E-state index in [0.717, 1.165) is 0 Å². The van der Waals surface area contributed by atoms with Crippen molar-refractivity contribution in [3.05, 3.63) is 10.1 Å². The molecule has 5 nitrogen and oxygen atoms in total. The van der Waals surface area contributed by atoms with Crippen LogP contribution in [0.5, 0.6) is 0 Å². The molecule has 10 heavy (non-hydrogen) atoms. The fourth-order valence-corrected chi connectivity index (χ4v) is 1.12. The van der Waals surface area contributed by atoms with Crippen molar-refractivity contribution in [1.82, 2.24) is 5.32 Å². The fraction of sp³-hybridized carbons (Fsp3) is 1.00. The number of nitro groups is 1. The topological polar surface area (TPSA) is 81.2 Å². The lowest BCUT2D eigenvalue weighted by Gasteiger charge is -2.21. The molecule has 5 heteroatoms. The number of nitrogens with two attached hydrogens (primary N) is 1. The van der Waals surface area contributed by atoms with Gasteiger partial charge in [0.2, 0.25) is 6.04 Å². The maximum atomic E-state index is 10.2. The lowest BCUT2D eigenvalue weighted by Crippen LogP contribution is -2.48. The summed E-state index contributed by atoms with van der Waals surface area (Å²) in [5, 5.41) is 13.2. The average molecular weight is 145 g/mol. The highest BCUT2D eigenvalue weighted by atomic mass is 16.6. The minimum absolute atomic E-state index is 0.191. The second kappa shape index (κ2) is 2.94. The Morgan fingerprint density at radius 2 is 2.40 bits per heavy atom. The summed E-state index contributed by atoms with van der Waals surface area (Å²) in [5.74, 6) is 0. The van der Waals surface area contributed by atoms with Gasteiger partial charge in [-0.05, 0) is 0 Å². The van der Waals surface area contributed by atoms with Crippen molar-refractivity contribution >= 4 is 0 Å². The van der Waals surface area contributed by atoms with Crippen molar-refractivity contribution in [2.24, 2.45) is 5.73 Å². The summed E-state index contributed by atoms with van der Waals surface area (Å²) in [7, 11) is 0. The Balaban J connectivity index is 2.39. The van der Waals surface area contributed by atoms with Gasteiger partial charge >= 0.3 is 0 Å². The lowest BCUT2D eigenvalue weighted by atomic mass is 10.1. The number of hydrogen-bond acceptors (Lipinski definition) is 4. The third-order valence-electron chi connectivity index (χ3n) is 1.71. The minimum atomic E-state index is -0.434. The maximum Gasteiger partial charge on any atom is 0.217 e. The summed E-state index contributed by atoms with van der Waals surface area (Å²) in [6.45, 7) is 0.660. The van der Waals surface area contributed by atoms with Crippen molar-refractivity contribution in [2.45, 2.75) is 25.0 Å². The quantitative estimate of drug-likeness (QED) is 0.377. The van der Waals surface area contributed by atoms with Gasteiger partial charge < -0.3 is 11.1 Å². The molecule has 58 valence electrons. The summed E-state index contributed by atoms with van der Waals surface area (Å²) in [6.07, 6.45) is 0.859. The van der Waals surface area contributed by atoms with Crippen molar-refractivity contribution in [3.63, 3.8) is 0 Å². The van der Waals surface area contributed by atoms with Gasteiger partial charge in [-0.15, -0.1) is 0 Å². The molecule has 1 saturated heterocycles. The van der Waals surface area contributed by atoms with Crippen LogP contribution in [0.15, 0.2) is 0 Å². The molecular formula is C5H11N3O2. The molecule has 1 rings (SSSR count). The number of nitrogens with zero attached hydrogens (tertiary/aromatic N) is 1. The zero-order chi connectivity index (χ0) is 7.56. The van der Waals surface area contributed by atoms with Gasteiger partial charge in [-0.25, -0.2) is 0 Å². The summed E-state index contributed by atoms with van der Waals surface area (Å²) in [4.78, 5) is 9.97. The predicted molar refractivity (Wildman–Crippen MR) is 36.0 cm³/mol. The third-order valence-corrected chi connectivity index (χ3v) is 1.71. The van der Waals surface area contributed by atoms with E-state index in [1.165, 1.54) is 0 Å². The van der Waals surface area contributed by atoms with Crippen molar-refractivity contribution in [3.8, 4) is 0 Å². The molecule has 0 aromatic rings. The van der Waals surface area contributed by atoms with Gasteiger partial charge in [-0.3, -0.25) is 10.1 Å². The Bertz CT molecular complexity index is 139. The van der Waals surface area contributed by atoms with E-state index in [1.807, 2.05) is 0 Å². The fourth-order valence-electron chi connectivity index (χ4n) is 1.12. The van der Waals surface area contributed by atoms with Gasteiger partial charge in [0.25, 0.3) is 0 Å². The highest BCUT2D eigenvalue weighted by Crippen LogP contribution is 2.07. The van der Waals surface area contributed by atoms with E-state index in [-0.39, 0.29) is 11.1 Å². The first-order chi connectivity index (χ1) is 4.70. The lowest BCUT2D eigenvalue weighted by molar-refractivity contribution is -0.526. The predicted octanol–water partition coefficient (Wildman–Crippen LogP) is -0.700. The van der Waals surface area contributed by atoms with Crippen molar-refractivity contribution in [1.29, 1.82) is 0 Å². The Morgan fingerprint density at radius 3 is 2.80 bits per heavy atom. The first-order valence-corrected chi connectivity index (χ1v) is 3.32. The molecule has 0 amide bonds. The molecular weight excluding hydrogens is 134 g/mol. The van der Waals surface area contributed by atoms with Gasteiger partial charge in [0.05, 0.1) is 6.17 Å². The van der Waals surface area contributed by atoms with Crippen LogP contribution in [-0.4, -0.2) is 23.7 Å². The van der Waals surface area contributed by atoms with Crippen LogP contribution in [0.1, 0.15) is 12.8 Å². The van der Waals surface area contributed by atoms with E-state index in [9.17, 15) is 10.1 Å². The van der Waals surface area contributed by atoms with Gasteiger partial charge in [-0.2, -0.15) is 0 Å². The second-order valence-corrected chi connectivity index (χ2v) is 2.52. The highest BCUT2D eigenvalue weighted by molar-refractivity contribution is 4.73. The Labute approximate surface area is 58.7 Å². The molecule has 0 aliphatic carbocycles. The molecule has 0 radical (unpaired) electrons. The summed E-state index contributed by atoms with van der Waals surface area (Å²) in [5.41, 5.74) is 5.45. The smallest absolute Gasteiger partial charge is 0.217 e. The van der Waals surface area contributed by atoms with Crippen LogP contribution in [0, 0.1) is 10.1 Å². The normalized spacial score (nSPS) is 33.7. The molecule has 0 spiro atoms. The standard InChI is InChI=1S/C5H11N3O2/c6-5-3-4(8(9)10)1-2-7-5/h4-5,7H,1-3,6H2. The van der Waals surface area contributed by atoms with Gasteiger partial charge in [0.15, 0.2) is 0 Å². The molecule has 0 aromatic carbocycles. The van der Waals surface area contributed by atoms with E-state index < -0.39 is 6.04 Å². The van der Waals surface area contributed by atoms with Gasteiger partial charge in [0.1, 0.15) is 0 Å². The molecule has 0 saturated carbocycles. The molecule has 1 aliphatic rings. The first kappa shape index (κ1) is 7.43. The zero-order valence-electron chi connectivity index (χ0n) is 5.62. The molecule has 0 bridgehead atoms. The van der Waals surface area contributed by atoms with Gasteiger partial charge in [0, 0.05) is 24.3 Å². The second-order valence-electron chi connectivity index (χ2n) is 2.52. The molecule has 3 N–H and O–H groups in total. The SMILES string of the molecule is NC1CC([N+](=O)[O-])CCN1. The minimum Gasteiger partial charge on any atom is -0.316 e. The van der Waals surface area contributed by atoms with E-state index in [2.05, 4.69) is 5.32 Å². The Hall–Kier alpha value is -0.680. The van der Waals surface area contributed by atoms with Crippen molar-refractivity contribution < 1.29 is 4.92 Å². The van der Waals surface area contributed by atoms with Crippen LogP contribution in [-0.2, 0) is 0 Å². The van der Waals surface area contributed by atoms with E-state index in [0.29, 0.717) is 19.4 Å². The van der Waals surface area contributed by atoms with Crippen LogP contribution in [0.3, 0.4) is 0 Å². The van der Waals surface area contributed by atoms with Crippen LogP contribution >= 0.6 is 0 Å². The molecule has 1 fully saturated rings. The third kappa shape index (κ3) is 1.65. The van der Waals surface area contributed by atoms with E-state index in [1.54, 1.807) is 0 Å². The molecule has 2 unspecified atom stereocenters. The van der Waals surface area contributed by atoms with E-state index in [4.69, 9.17) is 5.73 Å². The number of rotatable bonds is 1. The van der Waals surface area contributed by atoms with Crippen molar-refractivity contribution in [2.75, 3.05) is 6.54 Å². The average Bonchev–Trinajstić information content (AvgIpc) is 1.88. The zero-order valence-corrected chi connectivity index (χ0v) is 5.62. The molecule has 2 atom stereocenters. The summed E-state index contributed by atoms with van der Waals surface area (Å²) >= 11 is 0. The monoisotopic (exact) mass is 145 g/mol. The van der Waals surface area contributed by atoms with Crippen LogP contribution in [0.2, 0.25) is 0 Å². The maximum absolute atomic E-state index is 10.2. The largest absolute Gasteiger partial charge is 0.316 e.